The fourth-order valence-electron chi connectivity index (χ4n) is 6.25. The Morgan fingerprint density at radius 1 is 0.213 bits per heavy atom. The minimum atomic E-state index is -6.94. The summed E-state index contributed by atoms with van der Waals surface area (Å²) in [5.74, 6) is 0. The topological polar surface area (TPSA) is 777 Å². The predicted molar refractivity (Wildman–Crippen MR) is 195 cm³/mol. The zero-order chi connectivity index (χ0) is 60.6. The smallest absolute Gasteiger partial charge is 0.726 e. The fraction of sp³-hybridized carbons (Fsp3) is 1.00. The maximum Gasteiger partial charge on any atom is 1.00 e. The molecule has 15 atom stereocenters. The molecule has 71 heteroatoms. The van der Waals surface area contributed by atoms with E-state index >= 15 is 0 Å². The Balaban J connectivity index is -0.000000831. The van der Waals surface area contributed by atoms with E-state index in [1.165, 1.54) is 0 Å². The van der Waals surface area contributed by atoms with E-state index in [2.05, 4.69) is 50.8 Å². The van der Waals surface area contributed by atoms with Crippen LogP contribution in [-0.2, 0) is 184 Å². The van der Waals surface area contributed by atoms with E-state index < -0.39 is 226 Å². The van der Waals surface area contributed by atoms with Crippen LogP contribution in [0.3, 0.4) is 0 Å². The molecular formula is C18H21Na11O49S11. The number of hydrogen-bond acceptors (Lipinski definition) is 49. The van der Waals surface area contributed by atoms with Crippen molar-refractivity contribution >= 4 is 114 Å². The van der Waals surface area contributed by atoms with Crippen LogP contribution in [0.2, 0.25) is 0 Å². The molecule has 3 saturated heterocycles. The van der Waals surface area contributed by atoms with Crippen molar-refractivity contribution in [3.05, 3.63) is 0 Å². The van der Waals surface area contributed by atoms with Gasteiger partial charge >= 0.3 is 325 Å². The van der Waals surface area contributed by atoms with Gasteiger partial charge in [-0.25, -0.2) is 96.8 Å². The van der Waals surface area contributed by atoms with E-state index in [0.717, 1.165) is 0 Å². The van der Waals surface area contributed by atoms with Gasteiger partial charge in [-0.1, -0.05) is 0 Å². The van der Waals surface area contributed by atoms with Crippen LogP contribution in [-0.4, -0.2) is 255 Å². The van der Waals surface area contributed by atoms with E-state index in [-0.39, 0.29) is 325 Å². The van der Waals surface area contributed by atoms with Gasteiger partial charge < -0.3 is 73.8 Å². The summed E-state index contributed by atoms with van der Waals surface area (Å²) in [6.45, 7) is -6.99. The molecule has 0 spiro atoms. The van der Waals surface area contributed by atoms with Gasteiger partial charge in [-0.2, -0.15) is 0 Å². The Labute approximate surface area is 749 Å². The van der Waals surface area contributed by atoms with Gasteiger partial charge in [-0.3, -0.25) is 41.8 Å². The van der Waals surface area contributed by atoms with Crippen LogP contribution in [0, 0.1) is 0 Å². The molecule has 0 aliphatic carbocycles. The maximum atomic E-state index is 12.3. The standard InChI is InChI=1S/C18H32O49S11.11Na/c19-68(20,21)52-1-4-7(58-17-14(65-76(43,44)45)12(63-74(37,38)39)9(60-71(28,29)30)6(56-17)3-54-70(25,26)27)10(61-72(31,32)33)13(64-75(40,41)42)16(55-4)59-8-5(2-53-69(22,23)24)57-18(67-78(49,50)51)15(66-77(46,47)48)11(8)62-73(34,35)36;;;;;;;;;;;/h4-18H,1-3H2,(H,19,20,21)(H,22,23,24)(H,25,26,27)(H,28,29,30)(H,31,32,33)(H,34,35,36)(H,37,38,39)(H,40,41,42)(H,43,44,45)(H,46,47,48)(H,49,50,51);;;;;;;;;;;/q;11*+1/p-11/t4-,5-,6-,7-,8-,9-,10+,11+,12+,13-,14-,15-,16+,17+,18+;;;;;;;;;;;/m1.........../s1. The summed E-state index contributed by atoms with van der Waals surface area (Å²) in [5, 5.41) is 0. The van der Waals surface area contributed by atoms with Gasteiger partial charge in [0.05, 0.1) is 19.8 Å². The second kappa shape index (κ2) is 46.6. The number of ether oxygens (including phenoxy) is 5. The minimum absolute atomic E-state index is 0. The summed E-state index contributed by atoms with van der Waals surface area (Å²) in [7, 11) is -72.7. The van der Waals surface area contributed by atoms with Crippen molar-refractivity contribution in [3.8, 4) is 0 Å². The molecule has 0 amide bonds. The van der Waals surface area contributed by atoms with Gasteiger partial charge in [0.25, 0.3) is 0 Å². The number of hydrogen-bond donors (Lipinski definition) is 0. The Morgan fingerprint density at radius 3 is 0.596 bits per heavy atom. The molecule has 0 radical (unpaired) electrons. The first-order chi connectivity index (χ1) is 34.5. The molecule has 464 valence electrons. The van der Waals surface area contributed by atoms with Gasteiger partial charge in [-0.15, -0.1) is 0 Å². The normalized spacial score (nSPS) is 28.0. The van der Waals surface area contributed by atoms with Crippen molar-refractivity contribution < 1.29 is 538 Å². The molecule has 0 saturated carbocycles. The van der Waals surface area contributed by atoms with Crippen LogP contribution in [0.5, 0.6) is 0 Å². The molecule has 3 heterocycles. The summed E-state index contributed by atoms with van der Waals surface area (Å²) >= 11 is 0. The molecule has 0 aromatic carbocycles. The summed E-state index contributed by atoms with van der Waals surface area (Å²) in [5.41, 5.74) is 0. The molecule has 49 nitrogen and oxygen atoms in total. The molecule has 3 rings (SSSR count). The molecule has 89 heavy (non-hydrogen) atoms. The summed E-state index contributed by atoms with van der Waals surface area (Å²) in [4.78, 5) is 0. The summed E-state index contributed by atoms with van der Waals surface area (Å²) in [6.07, 6.45) is -55.3. The third-order valence-electron chi connectivity index (χ3n) is 8.30. The van der Waals surface area contributed by atoms with Crippen LogP contribution in [0.15, 0.2) is 0 Å². The molecule has 3 aliphatic heterocycles. The van der Waals surface area contributed by atoms with Crippen LogP contribution in [0.1, 0.15) is 0 Å². The molecule has 3 aliphatic rings. The van der Waals surface area contributed by atoms with Gasteiger partial charge in [0.15, 0.2) is 30.9 Å². The molecule has 0 N–H and O–H groups in total. The Bertz CT molecular complexity index is 3450. The Kier molecular flexibility index (Phi) is 61.1. The van der Waals surface area contributed by atoms with Crippen molar-refractivity contribution in [2.24, 2.45) is 0 Å². The second-order valence-corrected chi connectivity index (χ2v) is 24.9. The quantitative estimate of drug-likeness (QED) is 0.0381. The van der Waals surface area contributed by atoms with Crippen molar-refractivity contribution in [1.82, 2.24) is 0 Å². The molecule has 0 bridgehead atoms. The van der Waals surface area contributed by atoms with Gasteiger partial charge in [0.1, 0.15) is 54.9 Å². The number of rotatable bonds is 29. The largest absolute Gasteiger partial charge is 1.00 e. The average molecular weight is 1630 g/mol. The molecule has 0 unspecified atom stereocenters. The fourth-order valence-corrected chi connectivity index (χ4v) is 10.9. The van der Waals surface area contributed by atoms with E-state index in [1.54, 1.807) is 0 Å². The van der Waals surface area contributed by atoms with Crippen LogP contribution in [0.25, 0.3) is 0 Å². The Hall–Kier alpha value is 9.37. The monoisotopic (exact) mass is 1630 g/mol. The van der Waals surface area contributed by atoms with Gasteiger partial charge in [-0.05, 0) is 0 Å². The molecule has 3 fully saturated rings. The first kappa shape index (κ1) is 117. The van der Waals surface area contributed by atoms with Crippen molar-refractivity contribution in [3.63, 3.8) is 0 Å². The first-order valence-corrected chi connectivity index (χ1v) is 32.3. The maximum absolute atomic E-state index is 12.3. The van der Waals surface area contributed by atoms with Crippen LogP contribution >= 0.6 is 0 Å². The van der Waals surface area contributed by atoms with E-state index in [9.17, 15) is 143 Å². The van der Waals surface area contributed by atoms with E-state index in [1.807, 2.05) is 0 Å². The third-order valence-corrected chi connectivity index (χ3v) is 13.2. The Morgan fingerprint density at radius 2 is 0.382 bits per heavy atom. The predicted octanol–water partition coefficient (Wildman–Crippen LogP) is -46.2. The molecule has 0 aromatic heterocycles. The van der Waals surface area contributed by atoms with Gasteiger partial charge in [0, 0.05) is 0 Å². The van der Waals surface area contributed by atoms with Crippen molar-refractivity contribution in [2.75, 3.05) is 19.8 Å². The average Bonchev–Trinajstić information content (AvgIpc) is 3.14. The molecular weight excluding hydrogens is 1610 g/mol. The summed E-state index contributed by atoms with van der Waals surface area (Å²) in [6, 6.07) is 0. The second-order valence-electron chi connectivity index (χ2n) is 13.7. The zero-order valence-corrected chi connectivity index (χ0v) is 77.3. The van der Waals surface area contributed by atoms with Crippen LogP contribution in [0.4, 0.5) is 0 Å². The summed E-state index contributed by atoms with van der Waals surface area (Å²) < 4.78 is 457. The zero-order valence-electron chi connectivity index (χ0n) is 46.3. The van der Waals surface area contributed by atoms with E-state index in [0.29, 0.717) is 0 Å². The first-order valence-electron chi connectivity index (χ1n) is 17.7. The van der Waals surface area contributed by atoms with Crippen molar-refractivity contribution in [1.29, 1.82) is 0 Å². The molecule has 0 aromatic rings. The SMILES string of the molecule is O=S(=O)([O-])OC[C@H]1O[C@@H](O[C@H]2[C@H](OS(=O)(=O)[O-])[C@@H](OS(=O)(=O)[O-])[C@H](OS(=O)(=O)[O-])O[C@@H]2COS(=O)(=O)[O-])[C@H](OS(=O)(=O)[O-])[C@@H](OS(=O)(=O)[O-])[C@@H]1O[C@@H]1O[C@H](COS(=O)(=O)[O-])[C@@H](OS(=O)(=O)[O-])[C@H](OS(=O)(=O)[O-])[C@H]1OS(=O)(=O)[O-].[Na+].[Na+].[Na+].[Na+].[Na+].[Na+].[Na+].[Na+].[Na+].[Na+].[Na+]. The third kappa shape index (κ3) is 48.3. The van der Waals surface area contributed by atoms with Gasteiger partial charge in [0.2, 0.25) is 121 Å². The van der Waals surface area contributed by atoms with Crippen LogP contribution < -0.4 is 325 Å². The minimum Gasteiger partial charge on any atom is -0.726 e. The van der Waals surface area contributed by atoms with Crippen molar-refractivity contribution in [2.45, 2.75) is 92.1 Å². The van der Waals surface area contributed by atoms with E-state index in [4.69, 9.17) is 18.9 Å².